The zero-order chi connectivity index (χ0) is 15.4. The number of nitrogens with zero attached hydrogens (tertiary/aromatic N) is 1. The quantitative estimate of drug-likeness (QED) is 0.651. The number of aldehydes is 1. The Kier molecular flexibility index (Phi) is 4.30. The van der Waals surface area contributed by atoms with Crippen molar-refractivity contribution in [1.29, 1.82) is 0 Å². The normalized spacial score (nSPS) is 10.4. The first-order valence-corrected chi connectivity index (χ1v) is 7.82. The molecule has 0 aliphatic rings. The van der Waals surface area contributed by atoms with Crippen LogP contribution in [0.3, 0.4) is 0 Å². The fourth-order valence-corrected chi connectivity index (χ4v) is 2.81. The van der Waals surface area contributed by atoms with Gasteiger partial charge in [-0.25, -0.2) is 4.98 Å². The van der Waals surface area contributed by atoms with Crippen molar-refractivity contribution in [3.05, 3.63) is 70.0 Å². The van der Waals surface area contributed by atoms with Gasteiger partial charge in [0.2, 0.25) is 0 Å². The molecule has 0 atom stereocenters. The fourth-order valence-electron chi connectivity index (χ4n) is 2.18. The van der Waals surface area contributed by atoms with Gasteiger partial charge < -0.3 is 4.74 Å². The number of hydrogen-bond acceptors (Lipinski definition) is 4. The smallest absolute Gasteiger partial charge is 0.178 e. The van der Waals surface area contributed by atoms with E-state index in [1.165, 1.54) is 11.3 Å². The third-order valence-corrected chi connectivity index (χ3v) is 4.10. The molecule has 0 unspecified atom stereocenters. The Morgan fingerprint density at radius 2 is 2.00 bits per heavy atom. The first kappa shape index (κ1) is 14.5. The zero-order valence-electron chi connectivity index (χ0n) is 12.2. The van der Waals surface area contributed by atoms with Crippen molar-refractivity contribution in [3.63, 3.8) is 0 Å². The molecule has 0 saturated carbocycles. The van der Waals surface area contributed by atoms with Crippen molar-refractivity contribution in [2.24, 2.45) is 0 Å². The van der Waals surface area contributed by atoms with Crippen molar-refractivity contribution in [3.8, 4) is 17.0 Å². The maximum Gasteiger partial charge on any atom is 0.178 e. The standard InChI is InChI=1S/C18H15NO2S/c1-13-9-15(16-12-22-18(10-20)19-16)7-8-17(13)21-11-14-5-3-2-4-6-14/h2-10,12H,11H2,1H3. The van der Waals surface area contributed by atoms with E-state index in [0.717, 1.165) is 34.4 Å². The second-order valence-corrected chi connectivity index (χ2v) is 5.83. The molecule has 2 aromatic carbocycles. The van der Waals surface area contributed by atoms with Crippen molar-refractivity contribution in [2.75, 3.05) is 0 Å². The average molecular weight is 309 g/mol. The van der Waals surface area contributed by atoms with Crippen LogP contribution < -0.4 is 4.74 Å². The number of ether oxygens (including phenoxy) is 1. The molecule has 3 nitrogen and oxygen atoms in total. The summed E-state index contributed by atoms with van der Waals surface area (Å²) in [5.41, 5.74) is 4.01. The highest BCUT2D eigenvalue weighted by Crippen LogP contribution is 2.27. The number of benzene rings is 2. The molecule has 1 heterocycles. The monoisotopic (exact) mass is 309 g/mol. The highest BCUT2D eigenvalue weighted by atomic mass is 32.1. The predicted molar refractivity (Wildman–Crippen MR) is 88.4 cm³/mol. The van der Waals surface area contributed by atoms with Crippen LogP contribution in [-0.4, -0.2) is 11.3 Å². The van der Waals surface area contributed by atoms with Crippen molar-refractivity contribution in [1.82, 2.24) is 4.98 Å². The lowest BCUT2D eigenvalue weighted by molar-refractivity contribution is 0.112. The van der Waals surface area contributed by atoms with Gasteiger partial charge in [0.25, 0.3) is 0 Å². The predicted octanol–water partition coefficient (Wildman–Crippen LogP) is 4.51. The number of rotatable bonds is 5. The van der Waals surface area contributed by atoms with Crippen LogP contribution in [0.2, 0.25) is 0 Å². The number of hydrogen-bond donors (Lipinski definition) is 0. The first-order chi connectivity index (χ1) is 10.8. The summed E-state index contributed by atoms with van der Waals surface area (Å²) in [6.45, 7) is 2.56. The lowest BCUT2D eigenvalue weighted by Crippen LogP contribution is -1.97. The van der Waals surface area contributed by atoms with Crippen LogP contribution in [0.1, 0.15) is 20.9 Å². The van der Waals surface area contributed by atoms with Gasteiger partial charge in [0, 0.05) is 10.9 Å². The molecule has 0 N–H and O–H groups in total. The maximum atomic E-state index is 10.7. The van der Waals surface area contributed by atoms with E-state index in [4.69, 9.17) is 4.74 Å². The lowest BCUT2D eigenvalue weighted by Gasteiger charge is -2.10. The summed E-state index contributed by atoms with van der Waals surface area (Å²) in [5.74, 6) is 0.860. The van der Waals surface area contributed by atoms with E-state index in [1.807, 2.05) is 60.8 Å². The van der Waals surface area contributed by atoms with Gasteiger partial charge in [-0.2, -0.15) is 0 Å². The minimum Gasteiger partial charge on any atom is -0.489 e. The third kappa shape index (κ3) is 3.23. The third-order valence-electron chi connectivity index (χ3n) is 3.33. The van der Waals surface area contributed by atoms with Gasteiger partial charge in [-0.15, -0.1) is 11.3 Å². The zero-order valence-corrected chi connectivity index (χ0v) is 13.0. The Labute approximate surface area is 133 Å². The van der Waals surface area contributed by atoms with Crippen LogP contribution in [0.5, 0.6) is 5.75 Å². The molecule has 0 amide bonds. The molecule has 0 radical (unpaired) electrons. The molecule has 3 aromatic rings. The van der Waals surface area contributed by atoms with Crippen LogP contribution >= 0.6 is 11.3 Å². The second-order valence-electron chi connectivity index (χ2n) is 4.94. The topological polar surface area (TPSA) is 39.2 Å². The van der Waals surface area contributed by atoms with Gasteiger partial charge in [0.05, 0.1) is 5.69 Å². The highest BCUT2D eigenvalue weighted by molar-refractivity contribution is 7.11. The van der Waals surface area contributed by atoms with Crippen LogP contribution in [-0.2, 0) is 6.61 Å². The van der Waals surface area contributed by atoms with E-state index in [2.05, 4.69) is 4.98 Å². The van der Waals surface area contributed by atoms with Crippen molar-refractivity contribution in [2.45, 2.75) is 13.5 Å². The van der Waals surface area contributed by atoms with E-state index in [-0.39, 0.29) is 0 Å². The summed E-state index contributed by atoms with van der Waals surface area (Å²) in [4.78, 5) is 15.0. The molecule has 1 aromatic heterocycles. The fraction of sp³-hybridized carbons (Fsp3) is 0.111. The van der Waals surface area contributed by atoms with Crippen molar-refractivity contribution < 1.29 is 9.53 Å². The molecule has 0 bridgehead atoms. The summed E-state index contributed by atoms with van der Waals surface area (Å²) >= 11 is 1.35. The van der Waals surface area contributed by atoms with Gasteiger partial charge in [-0.05, 0) is 36.2 Å². The minimum absolute atomic E-state index is 0.497. The van der Waals surface area contributed by atoms with E-state index in [1.54, 1.807) is 0 Å². The molecule has 0 aliphatic carbocycles. The molecule has 0 saturated heterocycles. The van der Waals surface area contributed by atoms with Gasteiger partial charge in [0.15, 0.2) is 11.3 Å². The summed E-state index contributed by atoms with van der Waals surface area (Å²) in [7, 11) is 0. The summed E-state index contributed by atoms with van der Waals surface area (Å²) in [6, 6.07) is 16.0. The molecular formula is C18H15NO2S. The summed E-state index contributed by atoms with van der Waals surface area (Å²) in [6.07, 6.45) is 0.776. The molecule has 0 fully saturated rings. The second kappa shape index (κ2) is 6.54. The Balaban J connectivity index is 1.76. The Morgan fingerprint density at radius 1 is 1.18 bits per heavy atom. The number of thiazole rings is 1. The minimum atomic E-state index is 0.497. The summed E-state index contributed by atoms with van der Waals surface area (Å²) < 4.78 is 5.87. The molecule has 0 aliphatic heterocycles. The summed E-state index contributed by atoms with van der Waals surface area (Å²) in [5, 5.41) is 2.39. The number of carbonyl (C=O) groups is 1. The van der Waals surface area contributed by atoms with Crippen LogP contribution in [0.4, 0.5) is 0 Å². The molecular weight excluding hydrogens is 294 g/mol. The largest absolute Gasteiger partial charge is 0.489 e. The Bertz CT molecular complexity index is 781. The van der Waals surface area contributed by atoms with Gasteiger partial charge in [-0.1, -0.05) is 30.3 Å². The van der Waals surface area contributed by atoms with Crippen LogP contribution in [0, 0.1) is 6.92 Å². The van der Waals surface area contributed by atoms with Gasteiger partial charge >= 0.3 is 0 Å². The molecule has 3 rings (SSSR count). The van der Waals surface area contributed by atoms with E-state index >= 15 is 0 Å². The lowest BCUT2D eigenvalue weighted by atomic mass is 10.1. The van der Waals surface area contributed by atoms with E-state index < -0.39 is 0 Å². The SMILES string of the molecule is Cc1cc(-c2csc(C=O)n2)ccc1OCc1ccccc1. The van der Waals surface area contributed by atoms with Gasteiger partial charge in [-0.3, -0.25) is 4.79 Å². The van der Waals surface area contributed by atoms with Crippen LogP contribution in [0.15, 0.2) is 53.9 Å². The molecule has 0 spiro atoms. The maximum absolute atomic E-state index is 10.7. The van der Waals surface area contributed by atoms with Crippen molar-refractivity contribution >= 4 is 17.6 Å². The molecule has 4 heteroatoms. The number of aryl methyl sites for hydroxylation is 1. The van der Waals surface area contributed by atoms with E-state index in [9.17, 15) is 4.79 Å². The number of aromatic nitrogens is 1. The number of carbonyl (C=O) groups excluding carboxylic acids is 1. The Hall–Kier alpha value is -2.46. The van der Waals surface area contributed by atoms with E-state index in [0.29, 0.717) is 11.6 Å². The van der Waals surface area contributed by atoms with Crippen LogP contribution in [0.25, 0.3) is 11.3 Å². The average Bonchev–Trinajstić information content (AvgIpc) is 3.04. The molecule has 110 valence electrons. The highest BCUT2D eigenvalue weighted by Gasteiger charge is 2.07. The molecule has 22 heavy (non-hydrogen) atoms. The Morgan fingerprint density at radius 3 is 2.68 bits per heavy atom. The van der Waals surface area contributed by atoms with Gasteiger partial charge in [0.1, 0.15) is 12.4 Å². The first-order valence-electron chi connectivity index (χ1n) is 6.95.